The second-order valence-electron chi connectivity index (χ2n) is 15.2. The van der Waals surface area contributed by atoms with Crippen LogP contribution in [0.25, 0.3) is 120 Å². The molecule has 0 spiro atoms. The molecule has 0 radical (unpaired) electrons. The summed E-state index contributed by atoms with van der Waals surface area (Å²) < 4.78 is 55.4. The second kappa shape index (κ2) is 14.5. The molecule has 0 N–H and O–H groups in total. The minimum atomic E-state index is -0.416. The Kier molecular flexibility index (Phi) is 7.02. The van der Waals surface area contributed by atoms with Crippen LogP contribution in [0.4, 0.5) is 0 Å². The summed E-state index contributed by atoms with van der Waals surface area (Å²) in [6.45, 7) is 0. The lowest BCUT2D eigenvalue weighted by atomic mass is 9.89. The largest absolute Gasteiger partial charge is 0.254 e. The summed E-state index contributed by atoms with van der Waals surface area (Å²) in [6.07, 6.45) is 1.70. The molecule has 0 aliphatic heterocycles. The van der Waals surface area contributed by atoms with Gasteiger partial charge in [-0.1, -0.05) is 194 Å². The Morgan fingerprint density at radius 1 is 0.377 bits per heavy atom. The molecule has 2 nitrogen and oxygen atoms in total. The van der Waals surface area contributed by atoms with Gasteiger partial charge in [0.1, 0.15) is 0 Å². The number of hydrogen-bond acceptors (Lipinski definition) is 3. The standard InChI is InChI=1S/C58H36N2S/c1-3-14-38(15-4-1)53-54(39-16-5-2-6-17-39)58(51-36-43-18-7-8-20-44(43)46-21-10-12-24-49(46)51)61-57(53)42-29-25-37(26-30-42)45-32-33-50(48-23-11-9-22-47(45)48)52-34-31-41-28-27-40-19-13-35-59-55(40)56(41)60-52/h1-36H/i9D,11D,22D,23D,32D,33D. The van der Waals surface area contributed by atoms with Gasteiger partial charge in [0.2, 0.25) is 0 Å². The van der Waals surface area contributed by atoms with Gasteiger partial charge in [-0.15, -0.1) is 11.3 Å². The summed E-state index contributed by atoms with van der Waals surface area (Å²) in [5.41, 5.74) is 9.10. The predicted molar refractivity (Wildman–Crippen MR) is 260 cm³/mol. The highest BCUT2D eigenvalue weighted by Gasteiger charge is 2.25. The van der Waals surface area contributed by atoms with Crippen LogP contribution in [0.2, 0.25) is 0 Å². The predicted octanol–water partition coefficient (Wildman–Crippen LogP) is 16.3. The third-order valence-corrected chi connectivity index (χ3v) is 12.9. The molecule has 0 aliphatic carbocycles. The number of rotatable bonds is 6. The second-order valence-corrected chi connectivity index (χ2v) is 16.2. The molecule has 3 heteroatoms. The fraction of sp³-hybridized carbons (Fsp3) is 0. The van der Waals surface area contributed by atoms with Gasteiger partial charge in [0, 0.05) is 49.0 Å². The van der Waals surface area contributed by atoms with E-state index in [0.717, 1.165) is 59.3 Å². The van der Waals surface area contributed by atoms with E-state index in [4.69, 9.17) is 7.73 Å². The molecule has 12 rings (SSSR count). The number of thiophene rings is 1. The van der Waals surface area contributed by atoms with Crippen LogP contribution in [0.15, 0.2) is 218 Å². The van der Waals surface area contributed by atoms with Crippen LogP contribution >= 0.6 is 11.3 Å². The molecule has 0 bridgehead atoms. The Morgan fingerprint density at radius 3 is 1.70 bits per heavy atom. The van der Waals surface area contributed by atoms with E-state index in [1.54, 1.807) is 23.6 Å². The first-order chi connectivity index (χ1) is 32.8. The Labute approximate surface area is 366 Å². The van der Waals surface area contributed by atoms with Crippen LogP contribution in [0, 0.1) is 0 Å². The number of nitrogens with zero attached hydrogens (tertiary/aromatic N) is 2. The lowest BCUT2D eigenvalue weighted by Gasteiger charge is -2.14. The van der Waals surface area contributed by atoms with E-state index in [-0.39, 0.29) is 46.1 Å². The van der Waals surface area contributed by atoms with E-state index in [0.29, 0.717) is 22.3 Å². The van der Waals surface area contributed by atoms with Crippen molar-refractivity contribution in [3.05, 3.63) is 218 Å². The smallest absolute Gasteiger partial charge is 0.0972 e. The van der Waals surface area contributed by atoms with Gasteiger partial charge in [-0.05, 0) is 78.3 Å². The number of benzene rings is 9. The molecular weight excluding hydrogens is 757 g/mol. The zero-order valence-corrected chi connectivity index (χ0v) is 33.4. The highest BCUT2D eigenvalue weighted by Crippen LogP contribution is 2.54. The van der Waals surface area contributed by atoms with Crippen molar-refractivity contribution in [1.29, 1.82) is 0 Å². The number of hydrogen-bond donors (Lipinski definition) is 0. The van der Waals surface area contributed by atoms with Crippen LogP contribution in [0.3, 0.4) is 0 Å². The SMILES string of the molecule is [2H]c1c([2H])c([2H])c2c(-c3ccc4ccc5cccnc5c4n3)c([2H])c([2H])c(-c3ccc(-c4sc(-c5cc6ccccc6c6ccccc56)c(-c5ccccc5)c4-c4ccccc4)cc3)c2c1[2H]. The van der Waals surface area contributed by atoms with Crippen molar-refractivity contribution in [3.63, 3.8) is 0 Å². The molecule has 0 amide bonds. The molecule has 0 fully saturated rings. The van der Waals surface area contributed by atoms with Crippen LogP contribution in [0.5, 0.6) is 0 Å². The van der Waals surface area contributed by atoms with Gasteiger partial charge in [0.25, 0.3) is 0 Å². The first-order valence-electron chi connectivity index (χ1n) is 23.2. The van der Waals surface area contributed by atoms with Gasteiger partial charge in [-0.2, -0.15) is 0 Å². The Balaban J connectivity index is 1.09. The first-order valence-corrected chi connectivity index (χ1v) is 21.1. The zero-order valence-electron chi connectivity index (χ0n) is 38.6. The third kappa shape index (κ3) is 5.93. The van der Waals surface area contributed by atoms with Crippen LogP contribution in [-0.2, 0) is 0 Å². The zero-order chi connectivity index (χ0) is 45.5. The van der Waals surface area contributed by atoms with Crippen molar-refractivity contribution in [2.45, 2.75) is 0 Å². The molecule has 61 heavy (non-hydrogen) atoms. The molecule has 3 heterocycles. The fourth-order valence-corrected chi connectivity index (χ4v) is 10.2. The summed E-state index contributed by atoms with van der Waals surface area (Å²) in [5, 5.41) is 6.77. The number of aromatic nitrogens is 2. The molecular formula is C58H36N2S. The van der Waals surface area contributed by atoms with Gasteiger partial charge < -0.3 is 0 Å². The molecule has 12 aromatic rings. The monoisotopic (exact) mass is 798 g/mol. The van der Waals surface area contributed by atoms with E-state index >= 15 is 0 Å². The van der Waals surface area contributed by atoms with Crippen LogP contribution in [-0.4, -0.2) is 9.97 Å². The van der Waals surface area contributed by atoms with Gasteiger partial charge in [-0.25, -0.2) is 4.98 Å². The molecule has 0 unspecified atom stereocenters. The Hall–Kier alpha value is -7.72. The van der Waals surface area contributed by atoms with Crippen molar-refractivity contribution < 1.29 is 8.22 Å². The molecule has 9 aromatic carbocycles. The summed E-state index contributed by atoms with van der Waals surface area (Å²) in [7, 11) is 0. The maximum atomic E-state index is 9.62. The van der Waals surface area contributed by atoms with Crippen LogP contribution < -0.4 is 0 Å². The minimum Gasteiger partial charge on any atom is -0.254 e. The van der Waals surface area contributed by atoms with Gasteiger partial charge >= 0.3 is 0 Å². The van der Waals surface area contributed by atoms with E-state index in [1.807, 2.05) is 66.7 Å². The molecule has 0 aliphatic rings. The van der Waals surface area contributed by atoms with Crippen molar-refractivity contribution >= 4 is 65.5 Å². The molecule has 3 aromatic heterocycles. The van der Waals surface area contributed by atoms with Gasteiger partial charge in [0.15, 0.2) is 0 Å². The van der Waals surface area contributed by atoms with E-state index in [1.165, 1.54) is 16.2 Å². The average Bonchev–Trinajstić information content (AvgIpc) is 3.78. The minimum absolute atomic E-state index is 0.149. The third-order valence-electron chi connectivity index (χ3n) is 11.7. The number of pyridine rings is 2. The topological polar surface area (TPSA) is 25.8 Å². The van der Waals surface area contributed by atoms with Crippen molar-refractivity contribution in [3.8, 4) is 65.5 Å². The fourth-order valence-electron chi connectivity index (χ4n) is 8.82. The summed E-state index contributed by atoms with van der Waals surface area (Å²) >= 11 is 1.75. The maximum Gasteiger partial charge on any atom is 0.0972 e. The van der Waals surface area contributed by atoms with Crippen molar-refractivity contribution in [2.75, 3.05) is 0 Å². The van der Waals surface area contributed by atoms with E-state index in [9.17, 15) is 5.48 Å². The molecule has 284 valence electrons. The van der Waals surface area contributed by atoms with Gasteiger partial charge in [0.05, 0.1) is 25.0 Å². The lowest BCUT2D eigenvalue weighted by Crippen LogP contribution is -1.91. The van der Waals surface area contributed by atoms with Crippen LogP contribution in [0.1, 0.15) is 8.22 Å². The van der Waals surface area contributed by atoms with E-state index < -0.39 is 12.1 Å². The molecule has 0 saturated carbocycles. The Morgan fingerprint density at radius 2 is 0.951 bits per heavy atom. The highest BCUT2D eigenvalue weighted by molar-refractivity contribution is 7.20. The molecule has 0 atom stereocenters. The van der Waals surface area contributed by atoms with E-state index in [2.05, 4.69) is 108 Å². The quantitative estimate of drug-likeness (QED) is 0.157. The first kappa shape index (κ1) is 29.5. The summed E-state index contributed by atoms with van der Waals surface area (Å²) in [4.78, 5) is 11.8. The number of fused-ring (bicyclic) bond motifs is 7. The molecule has 0 saturated heterocycles. The summed E-state index contributed by atoms with van der Waals surface area (Å²) in [6, 6.07) is 58.0. The van der Waals surface area contributed by atoms with Crippen molar-refractivity contribution in [1.82, 2.24) is 9.97 Å². The normalized spacial score (nSPS) is 13.0. The lowest BCUT2D eigenvalue weighted by molar-refractivity contribution is 1.37. The average molecular weight is 799 g/mol. The van der Waals surface area contributed by atoms with Gasteiger partial charge in [-0.3, -0.25) is 4.98 Å². The Bertz CT molecular complexity index is 3980. The maximum absolute atomic E-state index is 9.62. The van der Waals surface area contributed by atoms with Crippen molar-refractivity contribution in [2.24, 2.45) is 0 Å². The highest BCUT2D eigenvalue weighted by atomic mass is 32.1. The summed E-state index contributed by atoms with van der Waals surface area (Å²) in [5.74, 6) is 0.